The molecular weight excluding hydrogens is 250 g/mol. The number of carbonyl (C=O) groups is 1. The molecule has 0 fully saturated rings. The summed E-state index contributed by atoms with van der Waals surface area (Å²) in [5, 5.41) is 2.78. The summed E-state index contributed by atoms with van der Waals surface area (Å²) in [7, 11) is -3.12. The van der Waals surface area contributed by atoms with E-state index in [9.17, 15) is 13.2 Å². The van der Waals surface area contributed by atoms with E-state index in [-0.39, 0.29) is 11.7 Å². The highest BCUT2D eigenvalue weighted by molar-refractivity contribution is 7.91. The topological polar surface area (TPSA) is 63.2 Å². The highest BCUT2D eigenvalue weighted by Crippen LogP contribution is 2.12. The van der Waals surface area contributed by atoms with Gasteiger partial charge in [0.25, 0.3) is 0 Å². The SMILES string of the molecule is CCC(=O)NCCc1ccc(S(=O)(=O)CC)cc1. The summed E-state index contributed by atoms with van der Waals surface area (Å²) in [5.41, 5.74) is 1.02. The lowest BCUT2D eigenvalue weighted by atomic mass is 10.1. The van der Waals surface area contributed by atoms with Gasteiger partial charge in [0.2, 0.25) is 5.91 Å². The lowest BCUT2D eigenvalue weighted by Gasteiger charge is -2.05. The molecule has 0 aliphatic rings. The minimum Gasteiger partial charge on any atom is -0.356 e. The van der Waals surface area contributed by atoms with Gasteiger partial charge in [-0.3, -0.25) is 4.79 Å². The molecule has 0 atom stereocenters. The fourth-order valence-electron chi connectivity index (χ4n) is 1.50. The van der Waals surface area contributed by atoms with Gasteiger partial charge in [-0.05, 0) is 24.1 Å². The maximum atomic E-state index is 11.6. The molecule has 0 aliphatic heterocycles. The van der Waals surface area contributed by atoms with Crippen molar-refractivity contribution >= 4 is 15.7 Å². The largest absolute Gasteiger partial charge is 0.356 e. The van der Waals surface area contributed by atoms with Crippen LogP contribution in [0.5, 0.6) is 0 Å². The third-order valence-electron chi connectivity index (χ3n) is 2.72. The van der Waals surface area contributed by atoms with Crippen LogP contribution in [0, 0.1) is 0 Å². The van der Waals surface area contributed by atoms with E-state index in [1.165, 1.54) is 0 Å². The Bertz CT molecular complexity index is 491. The smallest absolute Gasteiger partial charge is 0.219 e. The molecular formula is C13H19NO3S. The number of sulfone groups is 1. The third-order valence-corrected chi connectivity index (χ3v) is 4.47. The first-order valence-corrected chi connectivity index (χ1v) is 7.73. The Morgan fingerprint density at radius 3 is 2.28 bits per heavy atom. The number of amides is 1. The van der Waals surface area contributed by atoms with Gasteiger partial charge in [0.05, 0.1) is 10.6 Å². The first kappa shape index (κ1) is 14.7. The predicted octanol–water partition coefficient (Wildman–Crippen LogP) is 1.55. The Morgan fingerprint density at radius 1 is 1.17 bits per heavy atom. The van der Waals surface area contributed by atoms with Gasteiger partial charge < -0.3 is 5.32 Å². The number of hydrogen-bond donors (Lipinski definition) is 1. The van der Waals surface area contributed by atoms with Gasteiger partial charge in [-0.1, -0.05) is 26.0 Å². The van der Waals surface area contributed by atoms with Crippen molar-refractivity contribution in [2.75, 3.05) is 12.3 Å². The first-order valence-electron chi connectivity index (χ1n) is 6.08. The highest BCUT2D eigenvalue weighted by atomic mass is 32.2. The summed E-state index contributed by atoms with van der Waals surface area (Å²) >= 11 is 0. The molecule has 0 spiro atoms. The average Bonchev–Trinajstić information content (AvgIpc) is 2.39. The van der Waals surface area contributed by atoms with Gasteiger partial charge in [0.15, 0.2) is 9.84 Å². The minimum atomic E-state index is -3.12. The normalized spacial score (nSPS) is 11.2. The van der Waals surface area contributed by atoms with Crippen molar-refractivity contribution in [1.82, 2.24) is 5.32 Å². The summed E-state index contributed by atoms with van der Waals surface area (Å²) in [6.07, 6.45) is 1.19. The molecule has 1 rings (SSSR count). The molecule has 18 heavy (non-hydrogen) atoms. The van der Waals surface area contributed by atoms with E-state index < -0.39 is 9.84 Å². The van der Waals surface area contributed by atoms with Crippen LogP contribution in [0.1, 0.15) is 25.8 Å². The molecule has 0 saturated heterocycles. The van der Waals surface area contributed by atoms with Gasteiger partial charge in [0, 0.05) is 13.0 Å². The quantitative estimate of drug-likeness (QED) is 0.852. The maximum Gasteiger partial charge on any atom is 0.219 e. The third kappa shape index (κ3) is 4.14. The molecule has 0 aliphatic carbocycles. The Morgan fingerprint density at radius 2 is 1.78 bits per heavy atom. The number of benzene rings is 1. The highest BCUT2D eigenvalue weighted by Gasteiger charge is 2.10. The maximum absolute atomic E-state index is 11.6. The second-order valence-electron chi connectivity index (χ2n) is 4.00. The number of carbonyl (C=O) groups excluding carboxylic acids is 1. The predicted molar refractivity (Wildman–Crippen MR) is 71.2 cm³/mol. The van der Waals surface area contributed by atoms with E-state index in [1.807, 2.05) is 0 Å². The Hall–Kier alpha value is -1.36. The molecule has 100 valence electrons. The van der Waals surface area contributed by atoms with Crippen LogP contribution in [0.15, 0.2) is 29.2 Å². The molecule has 0 radical (unpaired) electrons. The van der Waals surface area contributed by atoms with E-state index in [1.54, 1.807) is 38.1 Å². The molecule has 1 amide bonds. The summed E-state index contributed by atoms with van der Waals surface area (Å²) in [5.74, 6) is 0.138. The van der Waals surface area contributed by atoms with E-state index in [0.29, 0.717) is 24.3 Å². The summed E-state index contributed by atoms with van der Waals surface area (Å²) in [4.78, 5) is 11.4. The van der Waals surface area contributed by atoms with E-state index >= 15 is 0 Å². The van der Waals surface area contributed by atoms with Crippen LogP contribution in [-0.2, 0) is 21.1 Å². The standard InChI is InChI=1S/C13H19NO3S/c1-3-13(15)14-10-9-11-5-7-12(8-6-11)18(16,17)4-2/h5-8H,3-4,9-10H2,1-2H3,(H,14,15). The monoisotopic (exact) mass is 269 g/mol. The van der Waals surface area contributed by atoms with Crippen LogP contribution >= 0.6 is 0 Å². The van der Waals surface area contributed by atoms with Gasteiger partial charge in [0.1, 0.15) is 0 Å². The van der Waals surface area contributed by atoms with Gasteiger partial charge in [-0.2, -0.15) is 0 Å². The Kier molecular flexibility index (Phi) is 5.34. The van der Waals surface area contributed by atoms with Gasteiger partial charge in [-0.15, -0.1) is 0 Å². The molecule has 0 saturated carbocycles. The van der Waals surface area contributed by atoms with Crippen LogP contribution in [-0.4, -0.2) is 26.6 Å². The summed E-state index contributed by atoms with van der Waals surface area (Å²) in [6.45, 7) is 4.01. The Labute approximate surface area is 108 Å². The second kappa shape index (κ2) is 6.54. The molecule has 0 aromatic heterocycles. The average molecular weight is 269 g/mol. The molecule has 1 aromatic carbocycles. The van der Waals surface area contributed by atoms with Crippen LogP contribution in [0.25, 0.3) is 0 Å². The van der Waals surface area contributed by atoms with Gasteiger partial charge in [-0.25, -0.2) is 8.42 Å². The molecule has 5 heteroatoms. The first-order chi connectivity index (χ1) is 8.49. The zero-order valence-corrected chi connectivity index (χ0v) is 11.6. The number of nitrogens with one attached hydrogen (secondary N) is 1. The van der Waals surface area contributed by atoms with Crippen molar-refractivity contribution in [3.63, 3.8) is 0 Å². The fourth-order valence-corrected chi connectivity index (χ4v) is 2.39. The molecule has 1 aromatic rings. The van der Waals surface area contributed by atoms with Crippen molar-refractivity contribution in [3.05, 3.63) is 29.8 Å². The number of hydrogen-bond acceptors (Lipinski definition) is 3. The fraction of sp³-hybridized carbons (Fsp3) is 0.462. The van der Waals surface area contributed by atoms with E-state index in [0.717, 1.165) is 5.56 Å². The number of rotatable bonds is 6. The van der Waals surface area contributed by atoms with Crippen molar-refractivity contribution in [1.29, 1.82) is 0 Å². The molecule has 1 N–H and O–H groups in total. The minimum absolute atomic E-state index is 0.0279. The van der Waals surface area contributed by atoms with Crippen molar-refractivity contribution < 1.29 is 13.2 Å². The van der Waals surface area contributed by atoms with Crippen LogP contribution < -0.4 is 5.32 Å². The van der Waals surface area contributed by atoms with Crippen molar-refractivity contribution in [2.24, 2.45) is 0 Å². The molecule has 4 nitrogen and oxygen atoms in total. The van der Waals surface area contributed by atoms with Crippen LogP contribution in [0.3, 0.4) is 0 Å². The lowest BCUT2D eigenvalue weighted by molar-refractivity contribution is -0.120. The molecule has 0 heterocycles. The zero-order valence-electron chi connectivity index (χ0n) is 10.8. The Balaban J connectivity index is 2.59. The zero-order chi connectivity index (χ0) is 13.6. The molecule has 0 bridgehead atoms. The van der Waals surface area contributed by atoms with Crippen molar-refractivity contribution in [3.8, 4) is 0 Å². The molecule has 0 unspecified atom stereocenters. The van der Waals surface area contributed by atoms with E-state index in [2.05, 4.69) is 5.32 Å². The van der Waals surface area contributed by atoms with E-state index in [4.69, 9.17) is 0 Å². The van der Waals surface area contributed by atoms with Crippen LogP contribution in [0.4, 0.5) is 0 Å². The van der Waals surface area contributed by atoms with Crippen molar-refractivity contribution in [2.45, 2.75) is 31.6 Å². The van der Waals surface area contributed by atoms with Gasteiger partial charge >= 0.3 is 0 Å². The lowest BCUT2D eigenvalue weighted by Crippen LogP contribution is -2.24. The van der Waals surface area contributed by atoms with Crippen LogP contribution in [0.2, 0.25) is 0 Å². The summed E-state index contributed by atoms with van der Waals surface area (Å²) < 4.78 is 23.2. The second-order valence-corrected chi connectivity index (χ2v) is 6.28. The summed E-state index contributed by atoms with van der Waals surface area (Å²) in [6, 6.07) is 6.83.